The molecule has 0 spiro atoms. The SMILES string of the molecule is Cc1cc(C#N)ccc1C(=O)N(C1CC1)C1CCc2[nH]ncc2C1. The number of benzene rings is 1. The van der Waals surface area contributed by atoms with Crippen LogP contribution in [0.15, 0.2) is 24.4 Å². The Kier molecular flexibility index (Phi) is 3.61. The molecule has 0 aliphatic heterocycles. The average molecular weight is 320 g/mol. The number of amides is 1. The van der Waals surface area contributed by atoms with Gasteiger partial charge in [0, 0.05) is 23.3 Å². The molecule has 24 heavy (non-hydrogen) atoms. The fourth-order valence-electron chi connectivity index (χ4n) is 3.73. The van der Waals surface area contributed by atoms with E-state index in [1.54, 1.807) is 18.2 Å². The van der Waals surface area contributed by atoms with Crippen LogP contribution in [0.4, 0.5) is 0 Å². The maximum atomic E-state index is 13.2. The van der Waals surface area contributed by atoms with Gasteiger partial charge in [0.25, 0.3) is 5.91 Å². The molecule has 5 heteroatoms. The van der Waals surface area contributed by atoms with E-state index >= 15 is 0 Å². The van der Waals surface area contributed by atoms with Crippen LogP contribution in [0.5, 0.6) is 0 Å². The van der Waals surface area contributed by atoms with Gasteiger partial charge in [0.1, 0.15) is 0 Å². The van der Waals surface area contributed by atoms with Crippen molar-refractivity contribution in [2.45, 2.75) is 51.1 Å². The zero-order valence-electron chi connectivity index (χ0n) is 13.7. The van der Waals surface area contributed by atoms with E-state index < -0.39 is 0 Å². The largest absolute Gasteiger partial charge is 0.332 e. The van der Waals surface area contributed by atoms with Crippen molar-refractivity contribution in [2.75, 3.05) is 0 Å². The number of nitrogens with zero attached hydrogens (tertiary/aromatic N) is 3. The van der Waals surface area contributed by atoms with Gasteiger partial charge in [-0.05, 0) is 68.4 Å². The maximum Gasteiger partial charge on any atom is 0.254 e. The zero-order chi connectivity index (χ0) is 16.7. The Labute approximate surface area is 141 Å². The second-order valence-corrected chi connectivity index (χ2v) is 6.86. The average Bonchev–Trinajstić information content (AvgIpc) is 3.30. The van der Waals surface area contributed by atoms with Crippen molar-refractivity contribution in [1.29, 1.82) is 5.26 Å². The lowest BCUT2D eigenvalue weighted by Crippen LogP contribution is -2.45. The molecule has 1 fully saturated rings. The van der Waals surface area contributed by atoms with E-state index in [4.69, 9.17) is 5.26 Å². The van der Waals surface area contributed by atoms with Crippen molar-refractivity contribution in [3.05, 3.63) is 52.3 Å². The lowest BCUT2D eigenvalue weighted by Gasteiger charge is -2.35. The number of aryl methyl sites for hydroxylation is 2. The number of H-pyrrole nitrogens is 1. The lowest BCUT2D eigenvalue weighted by atomic mass is 9.91. The number of aromatic amines is 1. The molecule has 1 atom stereocenters. The maximum absolute atomic E-state index is 13.2. The molecular formula is C19H20N4O. The number of aromatic nitrogens is 2. The summed E-state index contributed by atoms with van der Waals surface area (Å²) in [5, 5.41) is 16.2. The molecule has 0 bridgehead atoms. The number of nitriles is 1. The monoisotopic (exact) mass is 320 g/mol. The molecule has 1 aromatic carbocycles. The van der Waals surface area contributed by atoms with E-state index in [0.29, 0.717) is 11.6 Å². The number of hydrogen-bond acceptors (Lipinski definition) is 3. The van der Waals surface area contributed by atoms with E-state index in [1.807, 2.05) is 13.1 Å². The van der Waals surface area contributed by atoms with Crippen LogP contribution in [0, 0.1) is 18.3 Å². The molecule has 2 aromatic rings. The molecule has 2 aliphatic carbocycles. The van der Waals surface area contributed by atoms with Crippen LogP contribution in [0.1, 0.15) is 52.0 Å². The van der Waals surface area contributed by atoms with Crippen LogP contribution in [-0.2, 0) is 12.8 Å². The zero-order valence-corrected chi connectivity index (χ0v) is 13.7. The Morgan fingerprint density at radius 2 is 2.17 bits per heavy atom. The van der Waals surface area contributed by atoms with E-state index in [0.717, 1.165) is 43.2 Å². The number of hydrogen-bond donors (Lipinski definition) is 1. The normalized spacial score (nSPS) is 19.4. The van der Waals surface area contributed by atoms with Gasteiger partial charge in [-0.3, -0.25) is 9.89 Å². The highest BCUT2D eigenvalue weighted by atomic mass is 16.2. The Hall–Kier alpha value is -2.61. The minimum Gasteiger partial charge on any atom is -0.332 e. The molecule has 1 unspecified atom stereocenters. The number of rotatable bonds is 3. The van der Waals surface area contributed by atoms with E-state index in [-0.39, 0.29) is 11.9 Å². The third kappa shape index (κ3) is 2.58. The second kappa shape index (κ2) is 5.79. The van der Waals surface area contributed by atoms with Gasteiger partial charge in [0.15, 0.2) is 0 Å². The smallest absolute Gasteiger partial charge is 0.254 e. The predicted octanol–water partition coefficient (Wildman–Crippen LogP) is 2.75. The molecule has 0 radical (unpaired) electrons. The van der Waals surface area contributed by atoms with Crippen molar-refractivity contribution in [1.82, 2.24) is 15.1 Å². The Morgan fingerprint density at radius 1 is 1.33 bits per heavy atom. The highest BCUT2D eigenvalue weighted by Gasteiger charge is 2.39. The molecule has 1 aromatic heterocycles. The first-order valence-corrected chi connectivity index (χ1v) is 8.52. The Balaban J connectivity index is 1.62. The van der Waals surface area contributed by atoms with Crippen LogP contribution in [-0.4, -0.2) is 33.1 Å². The quantitative estimate of drug-likeness (QED) is 0.945. The number of carbonyl (C=O) groups excluding carboxylic acids is 1. The first kappa shape index (κ1) is 14.9. The van der Waals surface area contributed by atoms with Crippen LogP contribution in [0.3, 0.4) is 0 Å². The molecule has 1 amide bonds. The number of nitrogens with one attached hydrogen (secondary N) is 1. The summed E-state index contributed by atoms with van der Waals surface area (Å²) in [6, 6.07) is 8.08. The molecule has 1 heterocycles. The standard InChI is InChI=1S/C19H20N4O/c1-12-8-13(10-20)2-6-17(12)19(24)23(15-3-4-15)16-5-7-18-14(9-16)11-21-22-18/h2,6,8,11,15-16H,3-5,7,9H2,1H3,(H,21,22). The molecule has 0 saturated heterocycles. The van der Waals surface area contributed by atoms with E-state index in [1.165, 1.54) is 11.3 Å². The lowest BCUT2D eigenvalue weighted by molar-refractivity contribution is 0.0642. The van der Waals surface area contributed by atoms with Crippen molar-refractivity contribution in [2.24, 2.45) is 0 Å². The molecule has 122 valence electrons. The van der Waals surface area contributed by atoms with Crippen LogP contribution >= 0.6 is 0 Å². The van der Waals surface area contributed by atoms with Gasteiger partial charge in [-0.2, -0.15) is 10.4 Å². The molecule has 4 rings (SSSR count). The molecule has 2 aliphatic rings. The highest BCUT2D eigenvalue weighted by Crippen LogP contribution is 2.35. The van der Waals surface area contributed by atoms with Gasteiger partial charge in [-0.15, -0.1) is 0 Å². The van der Waals surface area contributed by atoms with Crippen molar-refractivity contribution in [3.8, 4) is 6.07 Å². The molecular weight excluding hydrogens is 300 g/mol. The van der Waals surface area contributed by atoms with Gasteiger partial charge in [0.2, 0.25) is 0 Å². The van der Waals surface area contributed by atoms with Gasteiger partial charge in [0.05, 0.1) is 17.8 Å². The van der Waals surface area contributed by atoms with Crippen molar-refractivity contribution >= 4 is 5.91 Å². The summed E-state index contributed by atoms with van der Waals surface area (Å²) < 4.78 is 0. The summed E-state index contributed by atoms with van der Waals surface area (Å²) in [5.41, 5.74) is 4.65. The summed E-state index contributed by atoms with van der Waals surface area (Å²) in [6.07, 6.45) is 6.88. The Bertz CT molecular complexity index is 828. The van der Waals surface area contributed by atoms with E-state index in [2.05, 4.69) is 21.2 Å². The summed E-state index contributed by atoms with van der Waals surface area (Å²) in [6.45, 7) is 1.91. The van der Waals surface area contributed by atoms with Crippen molar-refractivity contribution < 1.29 is 4.79 Å². The summed E-state index contributed by atoms with van der Waals surface area (Å²) in [7, 11) is 0. The molecule has 5 nitrogen and oxygen atoms in total. The molecule has 1 saturated carbocycles. The van der Waals surface area contributed by atoms with Gasteiger partial charge >= 0.3 is 0 Å². The highest BCUT2D eigenvalue weighted by molar-refractivity contribution is 5.96. The third-order valence-corrected chi connectivity index (χ3v) is 5.14. The minimum absolute atomic E-state index is 0.108. The number of fused-ring (bicyclic) bond motifs is 1. The van der Waals surface area contributed by atoms with Crippen LogP contribution in [0.2, 0.25) is 0 Å². The first-order chi connectivity index (χ1) is 11.7. The van der Waals surface area contributed by atoms with Gasteiger partial charge in [-0.25, -0.2) is 0 Å². The summed E-state index contributed by atoms with van der Waals surface area (Å²) in [5.74, 6) is 0.108. The van der Waals surface area contributed by atoms with E-state index in [9.17, 15) is 4.79 Å². The van der Waals surface area contributed by atoms with Crippen LogP contribution < -0.4 is 0 Å². The second-order valence-electron chi connectivity index (χ2n) is 6.86. The van der Waals surface area contributed by atoms with Crippen LogP contribution in [0.25, 0.3) is 0 Å². The van der Waals surface area contributed by atoms with Gasteiger partial charge < -0.3 is 4.90 Å². The number of carbonyl (C=O) groups is 1. The van der Waals surface area contributed by atoms with Crippen molar-refractivity contribution in [3.63, 3.8) is 0 Å². The first-order valence-electron chi connectivity index (χ1n) is 8.52. The summed E-state index contributed by atoms with van der Waals surface area (Å²) >= 11 is 0. The Morgan fingerprint density at radius 3 is 2.88 bits per heavy atom. The fourth-order valence-corrected chi connectivity index (χ4v) is 3.73. The third-order valence-electron chi connectivity index (χ3n) is 5.14. The van der Waals surface area contributed by atoms with Gasteiger partial charge in [-0.1, -0.05) is 0 Å². The minimum atomic E-state index is 0.108. The molecule has 1 N–H and O–H groups in total. The predicted molar refractivity (Wildman–Crippen MR) is 89.5 cm³/mol. The topological polar surface area (TPSA) is 72.8 Å². The fraction of sp³-hybridized carbons (Fsp3) is 0.421. The summed E-state index contributed by atoms with van der Waals surface area (Å²) in [4.78, 5) is 15.3.